The van der Waals surface area contributed by atoms with Crippen molar-refractivity contribution in [3.05, 3.63) is 65.2 Å². The van der Waals surface area contributed by atoms with Crippen molar-refractivity contribution in [2.24, 2.45) is 5.92 Å². The van der Waals surface area contributed by atoms with Gasteiger partial charge < -0.3 is 10.1 Å². The van der Waals surface area contributed by atoms with Crippen LogP contribution in [0.25, 0.3) is 0 Å². The quantitative estimate of drug-likeness (QED) is 0.802. The molecule has 0 unspecified atom stereocenters. The van der Waals surface area contributed by atoms with Crippen molar-refractivity contribution in [3.8, 4) is 0 Å². The maximum Gasteiger partial charge on any atom is 0.311 e. The van der Waals surface area contributed by atoms with Crippen molar-refractivity contribution in [1.82, 2.24) is 0 Å². The van der Waals surface area contributed by atoms with Crippen LogP contribution in [0.5, 0.6) is 0 Å². The minimum Gasteiger partial charge on any atom is -0.452 e. The van der Waals surface area contributed by atoms with Gasteiger partial charge in [-0.25, -0.2) is 0 Å². The van der Waals surface area contributed by atoms with Gasteiger partial charge in [0, 0.05) is 10.7 Å². The topological polar surface area (TPSA) is 55.4 Å². The van der Waals surface area contributed by atoms with Crippen LogP contribution in [0.3, 0.4) is 0 Å². The minimum atomic E-state index is -0.861. The summed E-state index contributed by atoms with van der Waals surface area (Å²) in [6.45, 7) is 3.66. The first-order valence-corrected chi connectivity index (χ1v) is 8.14. The number of esters is 1. The molecule has 1 atom stereocenters. The summed E-state index contributed by atoms with van der Waals surface area (Å²) in [5, 5.41) is 3.27. The van der Waals surface area contributed by atoms with Crippen LogP contribution in [0.4, 0.5) is 5.69 Å². The fourth-order valence-electron chi connectivity index (χ4n) is 2.21. The van der Waals surface area contributed by atoms with Gasteiger partial charge in [-0.3, -0.25) is 9.59 Å². The monoisotopic (exact) mass is 345 g/mol. The van der Waals surface area contributed by atoms with Crippen molar-refractivity contribution in [3.63, 3.8) is 0 Å². The predicted octanol–water partition coefficient (Wildman–Crippen LogP) is 4.09. The molecule has 0 aromatic heterocycles. The molecule has 0 saturated heterocycles. The van der Waals surface area contributed by atoms with Crippen molar-refractivity contribution in [2.75, 3.05) is 5.32 Å². The molecule has 4 nitrogen and oxygen atoms in total. The Labute approximate surface area is 146 Å². The largest absolute Gasteiger partial charge is 0.452 e. The molecular weight excluding hydrogens is 326 g/mol. The second kappa shape index (κ2) is 8.50. The van der Waals surface area contributed by atoms with E-state index in [4.69, 9.17) is 16.3 Å². The molecule has 2 aromatic carbocycles. The van der Waals surface area contributed by atoms with E-state index < -0.39 is 12.1 Å². The zero-order valence-electron chi connectivity index (χ0n) is 13.7. The highest BCUT2D eigenvalue weighted by Crippen LogP contribution is 2.18. The lowest BCUT2D eigenvalue weighted by atomic mass is 10.1. The van der Waals surface area contributed by atoms with E-state index in [-0.39, 0.29) is 18.2 Å². The van der Waals surface area contributed by atoms with Crippen LogP contribution in [0, 0.1) is 5.92 Å². The fraction of sp³-hybridized carbons (Fsp3) is 0.263. The number of hydrogen-bond donors (Lipinski definition) is 1. The third kappa shape index (κ3) is 5.10. The standard InChI is InChI=1S/C19H20ClNO3/c1-13(2)18(19(23)21-15-9-4-3-5-10-15)24-17(22)12-14-8-6-7-11-16(14)20/h3-11,13,18H,12H2,1-2H3,(H,21,23)/t18-/m1/s1. The first kappa shape index (κ1) is 18.0. The molecule has 0 aliphatic carbocycles. The number of para-hydroxylation sites is 1. The van der Waals surface area contributed by atoms with E-state index in [2.05, 4.69) is 5.32 Å². The second-order valence-electron chi connectivity index (χ2n) is 5.78. The molecule has 1 N–H and O–H groups in total. The molecule has 0 radical (unpaired) electrons. The molecule has 0 fully saturated rings. The van der Waals surface area contributed by atoms with Gasteiger partial charge in [0.05, 0.1) is 6.42 Å². The number of amides is 1. The Balaban J connectivity index is 2.01. The molecule has 0 aliphatic heterocycles. The predicted molar refractivity (Wildman–Crippen MR) is 94.9 cm³/mol. The van der Waals surface area contributed by atoms with Gasteiger partial charge in [0.1, 0.15) is 0 Å². The summed E-state index contributed by atoms with van der Waals surface area (Å²) in [5.74, 6) is -0.974. The van der Waals surface area contributed by atoms with Gasteiger partial charge in [0.15, 0.2) is 6.10 Å². The molecule has 126 valence electrons. The summed E-state index contributed by atoms with van der Waals surface area (Å²) in [7, 11) is 0. The van der Waals surface area contributed by atoms with E-state index in [0.29, 0.717) is 16.3 Å². The first-order chi connectivity index (χ1) is 11.5. The summed E-state index contributed by atoms with van der Waals surface area (Å²) in [5.41, 5.74) is 1.34. The lowest BCUT2D eigenvalue weighted by molar-refractivity contribution is -0.156. The van der Waals surface area contributed by atoms with E-state index in [1.54, 1.807) is 36.4 Å². The van der Waals surface area contributed by atoms with E-state index >= 15 is 0 Å². The van der Waals surface area contributed by atoms with E-state index in [1.807, 2.05) is 32.0 Å². The highest BCUT2D eigenvalue weighted by atomic mass is 35.5. The van der Waals surface area contributed by atoms with E-state index in [0.717, 1.165) is 0 Å². The van der Waals surface area contributed by atoms with Gasteiger partial charge in [-0.05, 0) is 29.7 Å². The number of carbonyl (C=O) groups is 2. The van der Waals surface area contributed by atoms with Gasteiger partial charge >= 0.3 is 5.97 Å². The van der Waals surface area contributed by atoms with Gasteiger partial charge in [-0.1, -0.05) is 61.8 Å². The van der Waals surface area contributed by atoms with Crippen molar-refractivity contribution in [1.29, 1.82) is 0 Å². The molecular formula is C19H20ClNO3. The summed E-state index contributed by atoms with van der Waals surface area (Å²) in [4.78, 5) is 24.6. The molecule has 24 heavy (non-hydrogen) atoms. The van der Waals surface area contributed by atoms with Crippen LogP contribution in [0.15, 0.2) is 54.6 Å². The number of rotatable bonds is 6. The Hall–Kier alpha value is -2.33. The average Bonchev–Trinajstić information content (AvgIpc) is 2.55. The summed E-state index contributed by atoms with van der Waals surface area (Å²) in [6, 6.07) is 16.1. The molecule has 0 spiro atoms. The zero-order chi connectivity index (χ0) is 17.5. The zero-order valence-corrected chi connectivity index (χ0v) is 14.4. The van der Waals surface area contributed by atoms with Crippen LogP contribution in [-0.4, -0.2) is 18.0 Å². The van der Waals surface area contributed by atoms with Crippen LogP contribution in [-0.2, 0) is 20.7 Å². The van der Waals surface area contributed by atoms with Gasteiger partial charge in [-0.15, -0.1) is 0 Å². The average molecular weight is 346 g/mol. The normalized spacial score (nSPS) is 11.8. The van der Waals surface area contributed by atoms with Crippen molar-refractivity contribution < 1.29 is 14.3 Å². The highest BCUT2D eigenvalue weighted by molar-refractivity contribution is 6.31. The van der Waals surface area contributed by atoms with Crippen LogP contribution in [0.1, 0.15) is 19.4 Å². The Morgan fingerprint density at radius 3 is 2.29 bits per heavy atom. The lowest BCUT2D eigenvalue weighted by Crippen LogP contribution is -2.37. The molecule has 0 aliphatic rings. The molecule has 5 heteroatoms. The molecule has 2 rings (SSSR count). The smallest absolute Gasteiger partial charge is 0.311 e. The molecule has 2 aromatic rings. The second-order valence-corrected chi connectivity index (χ2v) is 6.19. The highest BCUT2D eigenvalue weighted by Gasteiger charge is 2.26. The number of halogens is 1. The maximum atomic E-state index is 12.4. The number of anilines is 1. The van der Waals surface area contributed by atoms with E-state index in [9.17, 15) is 9.59 Å². The Kier molecular flexibility index (Phi) is 6.38. The van der Waals surface area contributed by atoms with E-state index in [1.165, 1.54) is 0 Å². The lowest BCUT2D eigenvalue weighted by Gasteiger charge is -2.21. The van der Waals surface area contributed by atoms with Crippen molar-refractivity contribution in [2.45, 2.75) is 26.4 Å². The maximum absolute atomic E-state index is 12.4. The summed E-state index contributed by atoms with van der Waals surface area (Å²) < 4.78 is 5.40. The SMILES string of the molecule is CC(C)[C@@H](OC(=O)Cc1ccccc1Cl)C(=O)Nc1ccccc1. The molecule has 0 heterocycles. The van der Waals surface area contributed by atoms with Crippen LogP contribution >= 0.6 is 11.6 Å². The molecule has 1 amide bonds. The van der Waals surface area contributed by atoms with Gasteiger partial charge in [0.25, 0.3) is 5.91 Å². The van der Waals surface area contributed by atoms with Crippen molar-refractivity contribution >= 4 is 29.2 Å². The van der Waals surface area contributed by atoms with Gasteiger partial charge in [0.2, 0.25) is 0 Å². The Bertz CT molecular complexity index is 701. The minimum absolute atomic E-state index is 0.0293. The summed E-state index contributed by atoms with van der Waals surface area (Å²) in [6.07, 6.45) is -0.832. The third-order valence-electron chi connectivity index (χ3n) is 3.46. The van der Waals surface area contributed by atoms with Crippen LogP contribution < -0.4 is 5.32 Å². The molecule has 0 saturated carbocycles. The number of nitrogens with one attached hydrogen (secondary N) is 1. The third-order valence-corrected chi connectivity index (χ3v) is 3.83. The van der Waals surface area contributed by atoms with Crippen LogP contribution in [0.2, 0.25) is 5.02 Å². The number of carbonyl (C=O) groups excluding carboxylic acids is 2. The molecule has 0 bridgehead atoms. The fourth-order valence-corrected chi connectivity index (χ4v) is 2.41. The Morgan fingerprint density at radius 2 is 1.67 bits per heavy atom. The summed E-state index contributed by atoms with van der Waals surface area (Å²) >= 11 is 6.05. The number of ether oxygens (including phenoxy) is 1. The van der Waals surface area contributed by atoms with Gasteiger partial charge in [-0.2, -0.15) is 0 Å². The number of hydrogen-bond acceptors (Lipinski definition) is 3. The first-order valence-electron chi connectivity index (χ1n) is 7.76. The number of benzene rings is 2. The Morgan fingerprint density at radius 1 is 1.04 bits per heavy atom.